The van der Waals surface area contributed by atoms with Gasteiger partial charge in [0, 0.05) is 32.9 Å². The van der Waals surface area contributed by atoms with Crippen molar-refractivity contribution in [2.24, 2.45) is 11.3 Å². The Morgan fingerprint density at radius 2 is 1.81 bits per heavy atom. The lowest BCUT2D eigenvalue weighted by Gasteiger charge is -2.45. The predicted octanol–water partition coefficient (Wildman–Crippen LogP) is 5.24. The summed E-state index contributed by atoms with van der Waals surface area (Å²) in [5, 5.41) is 3.68. The van der Waals surface area contributed by atoms with Crippen molar-refractivity contribution < 1.29 is 4.74 Å². The molecule has 1 aromatic carbocycles. The second-order valence-corrected chi connectivity index (χ2v) is 9.46. The third kappa shape index (κ3) is 6.59. The molecular formula is C23H40N2O. The molecule has 148 valence electrons. The standard InChI is InChI=1S/C23H40N2O/c1-19(2)11-12-23(14-16-26-22(3,4)18-23)13-15-24-17-20-7-9-21(10-8-20)25(5)6/h7-10,19,24H,11-18H2,1-6H3. The number of ether oxygens (including phenoxy) is 1. The van der Waals surface area contributed by atoms with Gasteiger partial charge < -0.3 is 15.0 Å². The number of rotatable bonds is 9. The third-order valence-electron chi connectivity index (χ3n) is 5.79. The van der Waals surface area contributed by atoms with Crippen molar-refractivity contribution in [2.75, 3.05) is 32.1 Å². The summed E-state index contributed by atoms with van der Waals surface area (Å²) >= 11 is 0. The Morgan fingerprint density at radius 3 is 2.38 bits per heavy atom. The van der Waals surface area contributed by atoms with Crippen LogP contribution in [0.25, 0.3) is 0 Å². The first-order valence-corrected chi connectivity index (χ1v) is 10.3. The van der Waals surface area contributed by atoms with Crippen LogP contribution < -0.4 is 10.2 Å². The molecule has 1 aliphatic rings. The maximum absolute atomic E-state index is 6.01. The summed E-state index contributed by atoms with van der Waals surface area (Å²) in [4.78, 5) is 2.14. The fourth-order valence-corrected chi connectivity index (χ4v) is 4.23. The van der Waals surface area contributed by atoms with E-state index in [4.69, 9.17) is 4.74 Å². The van der Waals surface area contributed by atoms with E-state index in [1.165, 1.54) is 43.4 Å². The lowest BCUT2D eigenvalue weighted by molar-refractivity contribution is -0.110. The molecule has 1 aliphatic heterocycles. The smallest absolute Gasteiger partial charge is 0.0631 e. The summed E-state index contributed by atoms with van der Waals surface area (Å²) in [7, 11) is 4.17. The number of hydrogen-bond acceptors (Lipinski definition) is 3. The molecule has 0 spiro atoms. The highest BCUT2D eigenvalue weighted by atomic mass is 16.5. The van der Waals surface area contributed by atoms with Crippen LogP contribution in [0.1, 0.15) is 65.4 Å². The molecule has 1 aromatic rings. The maximum atomic E-state index is 6.01. The molecule has 0 aromatic heterocycles. The van der Waals surface area contributed by atoms with Crippen LogP contribution >= 0.6 is 0 Å². The van der Waals surface area contributed by atoms with Crippen LogP contribution in [0, 0.1) is 11.3 Å². The van der Waals surface area contributed by atoms with Gasteiger partial charge in [0.2, 0.25) is 0 Å². The van der Waals surface area contributed by atoms with E-state index in [2.05, 4.69) is 76.3 Å². The zero-order chi connectivity index (χ0) is 19.2. The van der Waals surface area contributed by atoms with Crippen LogP contribution in [0.15, 0.2) is 24.3 Å². The summed E-state index contributed by atoms with van der Waals surface area (Å²) in [6, 6.07) is 8.85. The summed E-state index contributed by atoms with van der Waals surface area (Å²) in [6.07, 6.45) is 6.30. The normalized spacial score (nSPS) is 22.6. The number of nitrogens with one attached hydrogen (secondary N) is 1. The molecule has 0 aliphatic carbocycles. The number of anilines is 1. The Balaban J connectivity index is 1.86. The van der Waals surface area contributed by atoms with Gasteiger partial charge in [0.1, 0.15) is 0 Å². The minimum absolute atomic E-state index is 0.0250. The van der Waals surface area contributed by atoms with Gasteiger partial charge in [-0.15, -0.1) is 0 Å². The highest BCUT2D eigenvalue weighted by Gasteiger charge is 2.40. The predicted molar refractivity (Wildman–Crippen MR) is 113 cm³/mol. The Bertz CT molecular complexity index is 536. The van der Waals surface area contributed by atoms with E-state index in [0.29, 0.717) is 5.41 Å². The van der Waals surface area contributed by atoms with Gasteiger partial charge in [-0.2, -0.15) is 0 Å². The Hall–Kier alpha value is -1.06. The first-order chi connectivity index (χ1) is 12.2. The third-order valence-corrected chi connectivity index (χ3v) is 5.79. The van der Waals surface area contributed by atoms with Crippen LogP contribution in [0.5, 0.6) is 0 Å². The lowest BCUT2D eigenvalue weighted by atomic mass is 9.68. The summed E-state index contributed by atoms with van der Waals surface area (Å²) in [5.74, 6) is 0.779. The number of hydrogen-bond donors (Lipinski definition) is 1. The van der Waals surface area contributed by atoms with Gasteiger partial charge in [0.15, 0.2) is 0 Å². The van der Waals surface area contributed by atoms with Gasteiger partial charge in [-0.1, -0.05) is 32.4 Å². The molecule has 2 rings (SSSR count). The topological polar surface area (TPSA) is 24.5 Å². The Kier molecular flexibility index (Phi) is 7.54. The molecule has 3 nitrogen and oxygen atoms in total. The zero-order valence-electron chi connectivity index (χ0n) is 17.9. The van der Waals surface area contributed by atoms with Gasteiger partial charge >= 0.3 is 0 Å². The zero-order valence-corrected chi connectivity index (χ0v) is 17.9. The van der Waals surface area contributed by atoms with Crippen molar-refractivity contribution in [1.29, 1.82) is 0 Å². The van der Waals surface area contributed by atoms with Crippen molar-refractivity contribution >= 4 is 5.69 Å². The Morgan fingerprint density at radius 1 is 1.12 bits per heavy atom. The maximum Gasteiger partial charge on any atom is 0.0631 e. The molecule has 0 saturated carbocycles. The van der Waals surface area contributed by atoms with E-state index in [-0.39, 0.29) is 5.60 Å². The molecule has 1 saturated heterocycles. The average molecular weight is 361 g/mol. The molecule has 3 heteroatoms. The van der Waals surface area contributed by atoms with Gasteiger partial charge in [-0.25, -0.2) is 0 Å². The fourth-order valence-electron chi connectivity index (χ4n) is 4.23. The number of benzene rings is 1. The number of nitrogens with zero attached hydrogens (tertiary/aromatic N) is 1. The van der Waals surface area contributed by atoms with Crippen molar-refractivity contribution in [1.82, 2.24) is 5.32 Å². The summed E-state index contributed by atoms with van der Waals surface area (Å²) in [5.41, 5.74) is 3.08. The fraction of sp³-hybridized carbons (Fsp3) is 0.739. The van der Waals surface area contributed by atoms with Crippen LogP contribution in [-0.2, 0) is 11.3 Å². The Labute approximate surface area is 161 Å². The van der Waals surface area contributed by atoms with Crippen molar-refractivity contribution in [3.8, 4) is 0 Å². The minimum atomic E-state index is 0.0250. The molecule has 1 N–H and O–H groups in total. The van der Waals surface area contributed by atoms with Gasteiger partial charge in [-0.3, -0.25) is 0 Å². The molecule has 0 amide bonds. The molecule has 1 atom stereocenters. The van der Waals surface area contributed by atoms with Crippen LogP contribution in [-0.4, -0.2) is 32.8 Å². The van der Waals surface area contributed by atoms with E-state index in [9.17, 15) is 0 Å². The first kappa shape index (κ1) is 21.2. The lowest BCUT2D eigenvalue weighted by Crippen LogP contribution is -2.42. The van der Waals surface area contributed by atoms with E-state index in [1.54, 1.807) is 0 Å². The van der Waals surface area contributed by atoms with E-state index in [1.807, 2.05) is 0 Å². The average Bonchev–Trinajstić information content (AvgIpc) is 2.57. The largest absolute Gasteiger partial charge is 0.378 e. The van der Waals surface area contributed by atoms with E-state index < -0.39 is 0 Å². The van der Waals surface area contributed by atoms with Crippen LogP contribution in [0.2, 0.25) is 0 Å². The highest BCUT2D eigenvalue weighted by molar-refractivity contribution is 5.45. The molecule has 0 bridgehead atoms. The second kappa shape index (κ2) is 9.23. The minimum Gasteiger partial charge on any atom is -0.378 e. The molecule has 0 radical (unpaired) electrons. The molecule has 1 unspecified atom stereocenters. The van der Waals surface area contributed by atoms with Crippen molar-refractivity contribution in [2.45, 2.75) is 71.9 Å². The van der Waals surface area contributed by atoms with Gasteiger partial charge in [0.25, 0.3) is 0 Å². The summed E-state index contributed by atoms with van der Waals surface area (Å²) in [6.45, 7) is 12.2. The van der Waals surface area contributed by atoms with Gasteiger partial charge in [0.05, 0.1) is 5.60 Å². The highest BCUT2D eigenvalue weighted by Crippen LogP contribution is 2.45. The molecule has 1 fully saturated rings. The first-order valence-electron chi connectivity index (χ1n) is 10.3. The van der Waals surface area contributed by atoms with Crippen LogP contribution in [0.4, 0.5) is 5.69 Å². The molecule has 26 heavy (non-hydrogen) atoms. The second-order valence-electron chi connectivity index (χ2n) is 9.46. The van der Waals surface area contributed by atoms with Crippen LogP contribution in [0.3, 0.4) is 0 Å². The van der Waals surface area contributed by atoms with Gasteiger partial charge in [-0.05, 0) is 75.1 Å². The van der Waals surface area contributed by atoms with Crippen molar-refractivity contribution in [3.63, 3.8) is 0 Å². The molecular weight excluding hydrogens is 320 g/mol. The van der Waals surface area contributed by atoms with Crippen molar-refractivity contribution in [3.05, 3.63) is 29.8 Å². The van der Waals surface area contributed by atoms with E-state index in [0.717, 1.165) is 25.6 Å². The van der Waals surface area contributed by atoms with E-state index >= 15 is 0 Å². The molecule has 1 heterocycles. The monoisotopic (exact) mass is 360 g/mol. The SMILES string of the molecule is CC(C)CCC1(CCNCc2ccc(N(C)C)cc2)CCOC(C)(C)C1. The quantitative estimate of drug-likeness (QED) is 0.609. The summed E-state index contributed by atoms with van der Waals surface area (Å²) < 4.78 is 6.01.